The number of ketones is 2. The van der Waals surface area contributed by atoms with E-state index < -0.39 is 87.0 Å². The minimum absolute atomic E-state index is 0.00890. The zero-order chi connectivity index (χ0) is 62.7. The number of hydrogen-bond donors (Lipinski definition) is 4. The van der Waals surface area contributed by atoms with Crippen molar-refractivity contribution in [3.63, 3.8) is 0 Å². The van der Waals surface area contributed by atoms with E-state index in [4.69, 9.17) is 23.7 Å². The molecule has 11 atom stereocenters. The third-order valence-electron chi connectivity index (χ3n) is 23.7. The number of pyridine rings is 2. The molecule has 4 N–H and O–H groups in total. The number of allylic oxidation sites excluding steroid dienone is 1. The lowest BCUT2D eigenvalue weighted by Crippen LogP contribution is -2.62. The molecule has 6 aliphatic carbocycles. The Morgan fingerprint density at radius 1 is 0.697 bits per heavy atom. The molecule has 21 heteroatoms. The van der Waals surface area contributed by atoms with E-state index in [-0.39, 0.29) is 129 Å². The van der Waals surface area contributed by atoms with Gasteiger partial charge in [0.25, 0.3) is 0 Å². The number of esters is 2. The maximum Gasteiger partial charge on any atom is 0.365 e. The number of piperidine rings is 2. The van der Waals surface area contributed by atoms with Gasteiger partial charge in [0.05, 0.1) is 42.1 Å². The summed E-state index contributed by atoms with van der Waals surface area (Å²) in [4.78, 5) is 92.6. The SMILES string of the molecule is COc1c(N2CC3CCCNC3C2)c(F)c(C)c2c(=O)c(C(=O)OC(OCC(=O)[C@@]3(O)CC[C@H]4[C@@H]5CCC6=CC(=O)CC[C@]6(C)[C@H]5[C@@H](O)C[C@@]43C)OC(=O)c3c(C)n(C4CC4)c4c(OC)c(N5CC6CCCNC6C5)c(F)c(C)c4c3=O)c(C)n(C3CC3)c12. The number of aliphatic hydroxyl groups is 2. The molecule has 10 aliphatic rings. The van der Waals surface area contributed by atoms with Crippen LogP contribution >= 0.6 is 0 Å². The van der Waals surface area contributed by atoms with Gasteiger partial charge in [-0.3, -0.25) is 19.2 Å². The number of fused-ring (bicyclic) bond motifs is 9. The first-order valence-corrected chi connectivity index (χ1v) is 32.6. The number of rotatable bonds is 14. The van der Waals surface area contributed by atoms with E-state index in [1.54, 1.807) is 19.9 Å². The zero-order valence-corrected chi connectivity index (χ0v) is 52.4. The fourth-order valence-electron chi connectivity index (χ4n) is 19.0. The van der Waals surface area contributed by atoms with E-state index in [2.05, 4.69) is 17.6 Å². The van der Waals surface area contributed by atoms with Crippen LogP contribution in [0.5, 0.6) is 11.5 Å². The van der Waals surface area contributed by atoms with Crippen LogP contribution < -0.4 is 40.8 Å². The second-order valence-electron chi connectivity index (χ2n) is 28.4. The van der Waals surface area contributed by atoms with Gasteiger partial charge < -0.3 is 63.5 Å². The van der Waals surface area contributed by atoms with E-state index in [1.165, 1.54) is 28.1 Å². The number of carbonyl (C=O) groups is 4. The minimum atomic E-state index is -2.46. The van der Waals surface area contributed by atoms with Crippen LogP contribution in [0.4, 0.5) is 20.2 Å². The van der Waals surface area contributed by atoms with Crippen LogP contribution in [0, 0.1) is 79.7 Å². The maximum absolute atomic E-state index is 17.3. The molecule has 2 aromatic heterocycles. The van der Waals surface area contributed by atoms with E-state index in [9.17, 15) is 15.0 Å². The quantitative estimate of drug-likeness (QED) is 0.0692. The molecule has 14 rings (SSSR count). The number of carbonyl (C=O) groups excluding carboxylic acids is 4. The average molecular weight is 1230 g/mol. The third kappa shape index (κ3) is 9.20. The second-order valence-corrected chi connectivity index (χ2v) is 28.4. The number of nitrogens with one attached hydrogen (secondary N) is 2. The summed E-state index contributed by atoms with van der Waals surface area (Å²) in [5, 5.41) is 32.0. The average Bonchev–Trinajstić information content (AvgIpc) is 1.67. The first-order valence-electron chi connectivity index (χ1n) is 32.6. The first-order chi connectivity index (χ1) is 42.5. The number of aryl methyl sites for hydroxylation is 2. The van der Waals surface area contributed by atoms with E-state index in [0.29, 0.717) is 95.0 Å². The maximum atomic E-state index is 17.3. The molecule has 4 saturated heterocycles. The molecule has 6 heterocycles. The van der Waals surface area contributed by atoms with Crippen molar-refractivity contribution in [3.8, 4) is 11.5 Å². The Balaban J connectivity index is 0.835. The smallest absolute Gasteiger partial charge is 0.365 e. The van der Waals surface area contributed by atoms with E-state index in [1.807, 2.05) is 25.9 Å². The number of aromatic nitrogens is 2. The highest BCUT2D eigenvalue weighted by Crippen LogP contribution is 2.68. The number of methoxy groups -OCH3 is 2. The molecule has 0 amide bonds. The number of benzene rings is 2. The lowest BCUT2D eigenvalue weighted by atomic mass is 9.45. The number of Topliss-reactive ketones (excluding diaryl/α,β-unsaturated/α-hetero) is 1. The predicted octanol–water partition coefficient (Wildman–Crippen LogP) is 8.01. The molecule has 4 aliphatic heterocycles. The monoisotopic (exact) mass is 1230 g/mol. The Morgan fingerprint density at radius 3 is 1.67 bits per heavy atom. The van der Waals surface area contributed by atoms with Crippen LogP contribution in [0.1, 0.15) is 165 Å². The van der Waals surface area contributed by atoms with Crippen LogP contribution in [-0.4, -0.2) is 133 Å². The summed E-state index contributed by atoms with van der Waals surface area (Å²) >= 11 is 0. The summed E-state index contributed by atoms with van der Waals surface area (Å²) in [7, 11) is 2.87. The molecule has 19 nitrogen and oxygen atoms in total. The van der Waals surface area contributed by atoms with Crippen LogP contribution in [0.25, 0.3) is 21.8 Å². The van der Waals surface area contributed by atoms with Gasteiger partial charge >= 0.3 is 18.4 Å². The minimum Gasteiger partial charge on any atom is -0.492 e. The topological polar surface area (TPSA) is 229 Å². The number of nitrogens with zero attached hydrogens (tertiary/aromatic N) is 4. The first kappa shape index (κ1) is 60.3. The van der Waals surface area contributed by atoms with Crippen molar-refractivity contribution in [2.24, 2.45) is 40.4 Å². The summed E-state index contributed by atoms with van der Waals surface area (Å²) in [6.07, 6.45) is 10.3. The van der Waals surface area contributed by atoms with Gasteiger partial charge in [-0.1, -0.05) is 19.4 Å². The Kier molecular flexibility index (Phi) is 14.9. The Morgan fingerprint density at radius 2 is 1.20 bits per heavy atom. The molecule has 0 spiro atoms. The van der Waals surface area contributed by atoms with Gasteiger partial charge in [0, 0.05) is 84.7 Å². The van der Waals surface area contributed by atoms with Crippen molar-refractivity contribution in [3.05, 3.63) is 77.4 Å². The molecular formula is C68H84F2N6O13. The van der Waals surface area contributed by atoms with E-state index >= 15 is 32.8 Å². The number of ether oxygens (including phenoxy) is 5. The van der Waals surface area contributed by atoms with Crippen molar-refractivity contribution in [1.82, 2.24) is 19.8 Å². The highest BCUT2D eigenvalue weighted by Gasteiger charge is 2.68. The fourth-order valence-corrected chi connectivity index (χ4v) is 19.0. The fraction of sp³-hybridized carbons (Fsp3) is 0.647. The molecule has 4 aromatic rings. The standard InChI is InChI=1S/C68H84F2N6O13/c1-32-48-55(61(85-7)57(53(32)69)73-27-36-11-9-23-71-44(36)29-73)75(39-14-15-39)34(3)50(59(48)80)63(82)88-65(87-31-47(79)68(84)22-20-43-42-18-13-38-25-41(77)19-21-66(38,5)52(42)46(78)26-67(43,68)6)89-64(83)51-35(4)76(40-16-17-40)56-49(60(51)81)33(2)54(70)58(62(56)86-8)74-28-37-12-10-24-72-45(37)30-74/h25,36-37,39-40,42-46,52,65,71-72,78,84H,9-24,26-31H2,1-8H3/t36?,37?,42-,43-,44?,45?,46-,52+,65?,66-,67-,68-/m0/s1. The van der Waals surface area contributed by atoms with Gasteiger partial charge in [-0.15, -0.1) is 0 Å². The van der Waals surface area contributed by atoms with Crippen LogP contribution in [0.3, 0.4) is 0 Å². The van der Waals surface area contributed by atoms with Gasteiger partial charge in [0.2, 0.25) is 10.9 Å². The van der Waals surface area contributed by atoms with Crippen molar-refractivity contribution in [2.75, 3.05) is 69.9 Å². The lowest BCUT2D eigenvalue weighted by molar-refractivity contribution is -0.237. The van der Waals surface area contributed by atoms with Crippen molar-refractivity contribution in [1.29, 1.82) is 0 Å². The van der Waals surface area contributed by atoms with Crippen LogP contribution in [-0.2, 0) is 23.8 Å². The molecule has 0 radical (unpaired) electrons. The molecule has 0 bridgehead atoms. The van der Waals surface area contributed by atoms with Gasteiger partial charge in [-0.05, 0) is 172 Å². The zero-order valence-electron chi connectivity index (χ0n) is 52.4. The molecule has 89 heavy (non-hydrogen) atoms. The highest BCUT2D eigenvalue weighted by molar-refractivity contribution is 6.02. The summed E-state index contributed by atoms with van der Waals surface area (Å²) < 4.78 is 68.6. The summed E-state index contributed by atoms with van der Waals surface area (Å²) in [5.41, 5.74) is -4.06. The molecular weight excluding hydrogens is 1150 g/mol. The summed E-state index contributed by atoms with van der Waals surface area (Å²) in [6, 6.07) is -0.151. The Bertz CT molecular complexity index is 3640. The third-order valence-corrected chi connectivity index (χ3v) is 23.7. The Hall–Kier alpha value is -6.26. The second kappa shape index (κ2) is 22.0. The van der Waals surface area contributed by atoms with Crippen molar-refractivity contribution >= 4 is 56.7 Å². The number of hydrogen-bond acceptors (Lipinski definition) is 17. The van der Waals surface area contributed by atoms with Crippen molar-refractivity contribution in [2.45, 2.75) is 180 Å². The largest absolute Gasteiger partial charge is 0.492 e. The van der Waals surface area contributed by atoms with E-state index in [0.717, 1.165) is 44.3 Å². The lowest BCUT2D eigenvalue weighted by Gasteiger charge is -2.60. The van der Waals surface area contributed by atoms with Crippen molar-refractivity contribution < 1.29 is 61.9 Å². The normalized spacial score (nSPS) is 31.8. The summed E-state index contributed by atoms with van der Waals surface area (Å²) in [6.45, 7) is 10.6. The molecule has 2 aromatic carbocycles. The predicted molar refractivity (Wildman–Crippen MR) is 327 cm³/mol. The number of anilines is 2. The van der Waals surface area contributed by atoms with Gasteiger partial charge in [0.15, 0.2) is 34.7 Å². The summed E-state index contributed by atoms with van der Waals surface area (Å²) in [5.74, 6) is -4.40. The molecule has 5 saturated carbocycles. The van der Waals surface area contributed by atoms with Gasteiger partial charge in [-0.2, -0.15) is 0 Å². The van der Waals surface area contributed by atoms with Crippen LogP contribution in [0.15, 0.2) is 21.2 Å². The highest BCUT2D eigenvalue weighted by atomic mass is 19.1. The number of halogens is 2. The van der Waals surface area contributed by atoms with Crippen LogP contribution in [0.2, 0.25) is 0 Å². The Labute approximate surface area is 515 Å². The molecule has 9 fully saturated rings. The number of aliphatic hydroxyl groups excluding tert-OH is 1. The molecule has 4 unspecified atom stereocenters. The van der Waals surface area contributed by atoms with Gasteiger partial charge in [0.1, 0.15) is 34.7 Å². The van der Waals surface area contributed by atoms with Gasteiger partial charge in [-0.25, -0.2) is 18.4 Å². The molecule has 478 valence electrons.